The van der Waals surface area contributed by atoms with Gasteiger partial charge in [0.1, 0.15) is 16.5 Å². The van der Waals surface area contributed by atoms with Crippen molar-refractivity contribution in [3.63, 3.8) is 0 Å². The van der Waals surface area contributed by atoms with Crippen molar-refractivity contribution in [3.05, 3.63) is 58.9 Å². The molecule has 0 fully saturated rings. The van der Waals surface area contributed by atoms with E-state index in [0.29, 0.717) is 5.56 Å². The summed E-state index contributed by atoms with van der Waals surface area (Å²) in [6.45, 7) is 0.0788. The van der Waals surface area contributed by atoms with Crippen molar-refractivity contribution in [2.75, 3.05) is 7.05 Å². The van der Waals surface area contributed by atoms with E-state index in [1.165, 1.54) is 25.2 Å². The molecule has 7 heteroatoms. The second kappa shape index (κ2) is 6.01. The molecule has 0 aromatic heterocycles. The minimum atomic E-state index is -3.90. The standard InChI is InChI=1S/C14H13ClFNO3S/c1-17(9-10-2-5-12(18)6-3-10)21(19,20)14-8-11(16)4-7-13(14)15/h2-8,18H,9H2,1H3. The lowest BCUT2D eigenvalue weighted by atomic mass is 10.2. The molecule has 2 rings (SSSR count). The van der Waals surface area contributed by atoms with E-state index >= 15 is 0 Å². The monoisotopic (exact) mass is 329 g/mol. The minimum absolute atomic E-state index is 0.0334. The van der Waals surface area contributed by atoms with Crippen LogP contribution in [0.2, 0.25) is 5.02 Å². The van der Waals surface area contributed by atoms with Crippen LogP contribution >= 0.6 is 11.6 Å². The van der Waals surface area contributed by atoms with Crippen LogP contribution in [-0.2, 0) is 16.6 Å². The van der Waals surface area contributed by atoms with Gasteiger partial charge < -0.3 is 5.11 Å². The molecule has 0 atom stereocenters. The fraction of sp³-hybridized carbons (Fsp3) is 0.143. The average molecular weight is 330 g/mol. The molecule has 0 amide bonds. The van der Waals surface area contributed by atoms with Gasteiger partial charge in [-0.15, -0.1) is 0 Å². The molecule has 1 N–H and O–H groups in total. The van der Waals surface area contributed by atoms with Crippen LogP contribution in [0, 0.1) is 5.82 Å². The Hall–Kier alpha value is -1.63. The maximum atomic E-state index is 13.2. The average Bonchev–Trinajstić information content (AvgIpc) is 2.43. The van der Waals surface area contributed by atoms with Gasteiger partial charge in [0.15, 0.2) is 0 Å². The van der Waals surface area contributed by atoms with Gasteiger partial charge in [-0.05, 0) is 35.9 Å². The van der Waals surface area contributed by atoms with Crippen LogP contribution in [0.25, 0.3) is 0 Å². The molecule has 0 radical (unpaired) electrons. The highest BCUT2D eigenvalue weighted by molar-refractivity contribution is 7.89. The molecule has 0 unspecified atom stereocenters. The lowest BCUT2D eigenvalue weighted by molar-refractivity contribution is 0.463. The molecule has 112 valence electrons. The maximum Gasteiger partial charge on any atom is 0.244 e. The summed E-state index contributed by atoms with van der Waals surface area (Å²) in [4.78, 5) is -0.273. The van der Waals surface area contributed by atoms with Crippen LogP contribution in [-0.4, -0.2) is 24.9 Å². The number of benzene rings is 2. The molecule has 2 aromatic rings. The smallest absolute Gasteiger partial charge is 0.244 e. The number of rotatable bonds is 4. The largest absolute Gasteiger partial charge is 0.508 e. The zero-order chi connectivity index (χ0) is 15.6. The van der Waals surface area contributed by atoms with Gasteiger partial charge >= 0.3 is 0 Å². The molecule has 0 saturated carbocycles. The normalized spacial score (nSPS) is 11.8. The Morgan fingerprint density at radius 2 is 1.81 bits per heavy atom. The highest BCUT2D eigenvalue weighted by Crippen LogP contribution is 2.26. The maximum absolute atomic E-state index is 13.2. The van der Waals surface area contributed by atoms with Crippen LogP contribution in [0.1, 0.15) is 5.56 Å². The van der Waals surface area contributed by atoms with E-state index in [0.717, 1.165) is 16.4 Å². The van der Waals surface area contributed by atoms with Crippen LogP contribution in [0.15, 0.2) is 47.4 Å². The lowest BCUT2D eigenvalue weighted by Gasteiger charge is -2.18. The molecule has 0 heterocycles. The summed E-state index contributed by atoms with van der Waals surface area (Å²) in [6.07, 6.45) is 0. The molecule has 21 heavy (non-hydrogen) atoms. The van der Waals surface area contributed by atoms with Crippen molar-refractivity contribution in [1.82, 2.24) is 4.31 Å². The van der Waals surface area contributed by atoms with E-state index < -0.39 is 15.8 Å². The van der Waals surface area contributed by atoms with Gasteiger partial charge in [0.2, 0.25) is 10.0 Å². The summed E-state index contributed by atoms with van der Waals surface area (Å²) in [6, 6.07) is 9.34. The van der Waals surface area contributed by atoms with Crippen molar-refractivity contribution in [1.29, 1.82) is 0 Å². The summed E-state index contributed by atoms with van der Waals surface area (Å²) >= 11 is 5.84. The van der Waals surface area contributed by atoms with E-state index in [1.54, 1.807) is 12.1 Å². The van der Waals surface area contributed by atoms with E-state index in [1.807, 2.05) is 0 Å². The van der Waals surface area contributed by atoms with Crippen molar-refractivity contribution >= 4 is 21.6 Å². The van der Waals surface area contributed by atoms with E-state index in [4.69, 9.17) is 11.6 Å². The van der Waals surface area contributed by atoms with Gasteiger partial charge in [0.05, 0.1) is 5.02 Å². The first-order valence-corrected chi connectivity index (χ1v) is 7.82. The van der Waals surface area contributed by atoms with Crippen molar-refractivity contribution in [2.45, 2.75) is 11.4 Å². The lowest BCUT2D eigenvalue weighted by Crippen LogP contribution is -2.26. The topological polar surface area (TPSA) is 57.6 Å². The Labute approximate surface area is 127 Å². The van der Waals surface area contributed by atoms with E-state index in [2.05, 4.69) is 0 Å². The number of aromatic hydroxyl groups is 1. The number of phenolic OH excluding ortho intramolecular Hbond substituents is 1. The highest BCUT2D eigenvalue weighted by Gasteiger charge is 2.24. The number of hydrogen-bond donors (Lipinski definition) is 1. The molecular formula is C14H13ClFNO3S. The number of phenols is 1. The first-order chi connectivity index (χ1) is 9.80. The summed E-state index contributed by atoms with van der Waals surface area (Å²) in [5.74, 6) is -0.576. The second-order valence-electron chi connectivity index (χ2n) is 4.50. The Kier molecular flexibility index (Phi) is 4.51. The molecule has 0 bridgehead atoms. The summed E-state index contributed by atoms with van der Waals surface area (Å²) in [7, 11) is -2.52. The van der Waals surface area contributed by atoms with E-state index in [9.17, 15) is 17.9 Å². The fourth-order valence-electron chi connectivity index (χ4n) is 1.79. The van der Waals surface area contributed by atoms with Gasteiger partial charge in [-0.1, -0.05) is 23.7 Å². The third kappa shape index (κ3) is 3.53. The zero-order valence-electron chi connectivity index (χ0n) is 11.1. The molecule has 0 saturated heterocycles. The van der Waals surface area contributed by atoms with Crippen molar-refractivity contribution < 1.29 is 17.9 Å². The van der Waals surface area contributed by atoms with Gasteiger partial charge in [0, 0.05) is 13.6 Å². The van der Waals surface area contributed by atoms with Crippen LogP contribution in [0.5, 0.6) is 5.75 Å². The first kappa shape index (κ1) is 15.8. The SMILES string of the molecule is CN(Cc1ccc(O)cc1)S(=O)(=O)c1cc(F)ccc1Cl. The molecular weight excluding hydrogens is 317 g/mol. The predicted molar refractivity (Wildman–Crippen MR) is 78.2 cm³/mol. The third-order valence-electron chi connectivity index (χ3n) is 2.92. The Bertz CT molecular complexity index is 747. The van der Waals surface area contributed by atoms with Crippen LogP contribution < -0.4 is 0 Å². The zero-order valence-corrected chi connectivity index (χ0v) is 12.7. The van der Waals surface area contributed by atoms with E-state index in [-0.39, 0.29) is 22.2 Å². The Morgan fingerprint density at radius 3 is 2.43 bits per heavy atom. The number of nitrogens with zero attached hydrogens (tertiary/aromatic N) is 1. The summed E-state index contributed by atoms with van der Waals surface area (Å²) < 4.78 is 39.1. The molecule has 2 aromatic carbocycles. The predicted octanol–water partition coefficient (Wildman–Crippen LogP) is 3.01. The van der Waals surface area contributed by atoms with Crippen molar-refractivity contribution in [2.24, 2.45) is 0 Å². The summed E-state index contributed by atoms with van der Waals surface area (Å²) in [5.41, 5.74) is 0.686. The Morgan fingerprint density at radius 1 is 1.19 bits per heavy atom. The molecule has 4 nitrogen and oxygen atoms in total. The molecule has 0 spiro atoms. The number of halogens is 2. The minimum Gasteiger partial charge on any atom is -0.508 e. The van der Waals surface area contributed by atoms with Gasteiger partial charge in [-0.3, -0.25) is 0 Å². The Balaban J connectivity index is 2.30. The summed E-state index contributed by atoms with van der Waals surface area (Å²) in [5, 5.41) is 9.17. The third-order valence-corrected chi connectivity index (χ3v) is 5.21. The van der Waals surface area contributed by atoms with Crippen molar-refractivity contribution in [3.8, 4) is 5.75 Å². The molecule has 0 aliphatic heterocycles. The van der Waals surface area contributed by atoms with Crippen LogP contribution in [0.4, 0.5) is 4.39 Å². The second-order valence-corrected chi connectivity index (χ2v) is 6.92. The highest BCUT2D eigenvalue weighted by atomic mass is 35.5. The molecule has 0 aliphatic rings. The fourth-order valence-corrected chi connectivity index (χ4v) is 3.43. The van der Waals surface area contributed by atoms with Crippen LogP contribution in [0.3, 0.4) is 0 Å². The van der Waals surface area contributed by atoms with Gasteiger partial charge in [-0.25, -0.2) is 12.8 Å². The molecule has 0 aliphatic carbocycles. The number of sulfonamides is 1. The quantitative estimate of drug-likeness (QED) is 0.938. The van der Waals surface area contributed by atoms with Gasteiger partial charge in [-0.2, -0.15) is 4.31 Å². The van der Waals surface area contributed by atoms with Gasteiger partial charge in [0.25, 0.3) is 0 Å². The number of hydrogen-bond acceptors (Lipinski definition) is 3. The first-order valence-electron chi connectivity index (χ1n) is 6.00.